The van der Waals surface area contributed by atoms with Crippen molar-refractivity contribution in [2.75, 3.05) is 13.1 Å². The van der Waals surface area contributed by atoms with Crippen LogP contribution in [0.2, 0.25) is 1.41 Å². The number of amides is 1. The number of esters is 1. The summed E-state index contributed by atoms with van der Waals surface area (Å²) in [5.41, 5.74) is 1.83. The zero-order chi connectivity index (χ0) is 11.6. The van der Waals surface area contributed by atoms with E-state index in [4.69, 9.17) is 1.41 Å². The molecule has 2 rings (SSSR count). The lowest BCUT2D eigenvalue weighted by Crippen LogP contribution is -2.48. The molecule has 0 unspecified atom stereocenters. The molecule has 1 amide bonds. The largest absolute Gasteiger partial charge is 0.412 e. The van der Waals surface area contributed by atoms with Crippen LogP contribution in [0.3, 0.4) is 0 Å². The minimum Gasteiger partial charge on any atom is -0.376 e. The molecule has 15 heavy (non-hydrogen) atoms. The average Bonchev–Trinajstić information content (AvgIpc) is 2.26. The van der Waals surface area contributed by atoms with Crippen LogP contribution in [0.25, 0.3) is 0 Å². The van der Waals surface area contributed by atoms with Gasteiger partial charge in [0.25, 0.3) is 0 Å². The van der Waals surface area contributed by atoms with E-state index < -0.39 is 12.1 Å². The third-order valence-corrected chi connectivity index (χ3v) is 3.55. The van der Waals surface area contributed by atoms with Crippen molar-refractivity contribution in [3.05, 3.63) is 0 Å². The molecular formula is C10H16N2O3. The van der Waals surface area contributed by atoms with Gasteiger partial charge < -0.3 is 15.8 Å². The first-order valence-corrected chi connectivity index (χ1v) is 5.29. The summed E-state index contributed by atoms with van der Waals surface area (Å²) in [5.74, 6) is -0.649. The average molecular weight is 213 g/mol. The van der Waals surface area contributed by atoms with Gasteiger partial charge in [0.1, 0.15) is 0 Å². The lowest BCUT2D eigenvalue weighted by atomic mass is 9.58. The highest BCUT2D eigenvalue weighted by Crippen LogP contribution is 2.51. The topological polar surface area (TPSA) is 81.4 Å². The molecule has 0 aromatic rings. The molecule has 1 spiro atoms. The number of nitrogens with two attached hydrogens (primary N) is 1. The summed E-state index contributed by atoms with van der Waals surface area (Å²) in [5, 5.41) is 3.29. The van der Waals surface area contributed by atoms with Crippen molar-refractivity contribution in [2.24, 2.45) is 17.1 Å². The Labute approximate surface area is 89.8 Å². The van der Waals surface area contributed by atoms with Crippen molar-refractivity contribution >= 4 is 12.1 Å². The summed E-state index contributed by atoms with van der Waals surface area (Å²) in [7, 11) is 0. The summed E-state index contributed by atoms with van der Waals surface area (Å²) in [6, 6.07) is 0. The van der Waals surface area contributed by atoms with E-state index in [9.17, 15) is 9.59 Å². The number of rotatable bonds is 1. The predicted octanol–water partition coefficient (Wildman–Crippen LogP) is 0.388. The zero-order valence-corrected chi connectivity index (χ0v) is 8.54. The minimum absolute atomic E-state index is 0.157. The first-order chi connectivity index (χ1) is 7.65. The summed E-state index contributed by atoms with van der Waals surface area (Å²) in [4.78, 5) is 22.1. The highest BCUT2D eigenvalue weighted by Gasteiger charge is 2.48. The van der Waals surface area contributed by atoms with Crippen molar-refractivity contribution in [3.63, 3.8) is 0 Å². The Kier molecular flexibility index (Phi) is 2.32. The second-order valence-corrected chi connectivity index (χ2v) is 4.56. The lowest BCUT2D eigenvalue weighted by Gasteiger charge is -2.49. The first kappa shape index (κ1) is 9.15. The highest BCUT2D eigenvalue weighted by atomic mass is 16.6. The quantitative estimate of drug-likeness (QED) is 0.487. The predicted molar refractivity (Wildman–Crippen MR) is 52.9 cm³/mol. The Morgan fingerprint density at radius 3 is 2.67 bits per heavy atom. The molecule has 0 bridgehead atoms. The smallest absolute Gasteiger partial charge is 0.376 e. The maximum absolute atomic E-state index is 11.4. The van der Waals surface area contributed by atoms with Gasteiger partial charge in [-0.15, -0.1) is 0 Å². The highest BCUT2D eigenvalue weighted by molar-refractivity contribution is 5.85. The molecule has 5 heteroatoms. The van der Waals surface area contributed by atoms with Crippen LogP contribution in [0.1, 0.15) is 25.7 Å². The molecule has 3 N–H and O–H groups in total. The van der Waals surface area contributed by atoms with E-state index in [0.29, 0.717) is 5.41 Å². The van der Waals surface area contributed by atoms with E-state index in [1.807, 2.05) is 0 Å². The molecule has 2 aliphatic rings. The lowest BCUT2D eigenvalue weighted by molar-refractivity contribution is -0.151. The van der Waals surface area contributed by atoms with Crippen LogP contribution in [0.4, 0.5) is 4.79 Å². The maximum atomic E-state index is 11.4. The van der Waals surface area contributed by atoms with E-state index >= 15 is 0 Å². The second kappa shape index (κ2) is 3.81. The Morgan fingerprint density at radius 1 is 1.40 bits per heavy atom. The SMILES string of the molecule is [2H]NC(=O)OC(=O)C1CC2(CCNCC2)C1. The summed E-state index contributed by atoms with van der Waals surface area (Å²) >= 11 is 0. The Bertz CT molecular complexity index is 294. The molecule has 2 fully saturated rings. The van der Waals surface area contributed by atoms with Gasteiger partial charge >= 0.3 is 12.1 Å². The Morgan fingerprint density at radius 2 is 2.07 bits per heavy atom. The fourth-order valence-corrected chi connectivity index (χ4v) is 2.69. The van der Waals surface area contributed by atoms with Crippen LogP contribution in [-0.4, -0.2) is 25.2 Å². The van der Waals surface area contributed by atoms with E-state index in [2.05, 4.69) is 10.1 Å². The molecular weight excluding hydrogens is 196 g/mol. The molecule has 0 atom stereocenters. The van der Waals surface area contributed by atoms with Crippen LogP contribution < -0.4 is 11.0 Å². The second-order valence-electron chi connectivity index (χ2n) is 4.56. The van der Waals surface area contributed by atoms with E-state index in [1.165, 1.54) is 5.73 Å². The van der Waals surface area contributed by atoms with Crippen molar-refractivity contribution in [1.82, 2.24) is 5.32 Å². The van der Waals surface area contributed by atoms with Crippen LogP contribution >= 0.6 is 0 Å². The van der Waals surface area contributed by atoms with Crippen molar-refractivity contribution in [3.8, 4) is 0 Å². The van der Waals surface area contributed by atoms with Crippen molar-refractivity contribution < 1.29 is 15.7 Å². The molecule has 84 valence electrons. The number of hydrogen-bond acceptors (Lipinski definition) is 4. The minimum atomic E-state index is -0.990. The van der Waals surface area contributed by atoms with Crippen LogP contribution in [0, 0.1) is 11.3 Å². The summed E-state index contributed by atoms with van der Waals surface area (Å²) in [6.07, 6.45) is 2.84. The number of carbonyl (C=O) groups is 2. The van der Waals surface area contributed by atoms with Gasteiger partial charge in [-0.3, -0.25) is 4.79 Å². The summed E-state index contributed by atoms with van der Waals surface area (Å²) < 4.78 is 11.0. The number of nitrogens with one attached hydrogen (secondary N) is 1. The molecule has 0 aromatic carbocycles. The van der Waals surface area contributed by atoms with Gasteiger partial charge in [-0.1, -0.05) is 0 Å². The molecule has 1 saturated heterocycles. The van der Waals surface area contributed by atoms with E-state index in [1.54, 1.807) is 0 Å². The number of hydrogen-bond donors (Lipinski definition) is 2. The van der Waals surface area contributed by atoms with Gasteiger partial charge in [-0.25, -0.2) is 4.79 Å². The van der Waals surface area contributed by atoms with E-state index in [0.717, 1.165) is 38.8 Å². The van der Waals surface area contributed by atoms with Crippen LogP contribution in [0.15, 0.2) is 0 Å². The molecule has 1 heterocycles. The van der Waals surface area contributed by atoms with Gasteiger partial charge in [0.05, 0.1) is 5.92 Å². The van der Waals surface area contributed by atoms with Crippen LogP contribution in [-0.2, 0) is 9.53 Å². The number of primary amides is 1. The van der Waals surface area contributed by atoms with Crippen molar-refractivity contribution in [1.29, 1.82) is 0 Å². The molecule has 5 nitrogen and oxygen atoms in total. The summed E-state index contributed by atoms with van der Waals surface area (Å²) in [6.45, 7) is 2.02. The van der Waals surface area contributed by atoms with Crippen LogP contribution in [0.5, 0.6) is 0 Å². The molecule has 1 saturated carbocycles. The van der Waals surface area contributed by atoms with Gasteiger partial charge in [0, 0.05) is 0 Å². The molecule has 0 aromatic heterocycles. The zero-order valence-electron chi connectivity index (χ0n) is 9.54. The normalized spacial score (nSPS) is 25.2. The fourth-order valence-electron chi connectivity index (χ4n) is 2.69. The van der Waals surface area contributed by atoms with Crippen molar-refractivity contribution in [2.45, 2.75) is 25.7 Å². The molecule has 0 radical (unpaired) electrons. The van der Waals surface area contributed by atoms with E-state index in [-0.39, 0.29) is 5.92 Å². The third kappa shape index (κ3) is 2.12. The Hall–Kier alpha value is -1.10. The van der Waals surface area contributed by atoms with Gasteiger partial charge in [-0.05, 0) is 44.2 Å². The maximum Gasteiger partial charge on any atom is 0.412 e. The van der Waals surface area contributed by atoms with Gasteiger partial charge in [-0.2, -0.15) is 0 Å². The Balaban J connectivity index is 1.78. The first-order valence-electron chi connectivity index (χ1n) is 5.79. The third-order valence-electron chi connectivity index (χ3n) is 3.55. The number of piperidine rings is 1. The number of ether oxygens (including phenoxy) is 1. The standard InChI is InChI=1S/C10H16N2O3/c11-9(14)15-8(13)7-5-10(6-7)1-3-12-4-2-10/h7,12H,1-6H2,(H2,11,14)/i/hD. The van der Waals surface area contributed by atoms with Gasteiger partial charge in [0.2, 0.25) is 0 Å². The molecule has 1 aliphatic heterocycles. The fraction of sp³-hybridized carbons (Fsp3) is 0.800. The van der Waals surface area contributed by atoms with Gasteiger partial charge in [0.15, 0.2) is 1.41 Å². The monoisotopic (exact) mass is 213 g/mol. The molecule has 1 aliphatic carbocycles. The number of carbonyl (C=O) groups excluding carboxylic acids is 2.